The van der Waals surface area contributed by atoms with E-state index in [1.54, 1.807) is 0 Å². The Kier molecular flexibility index (Phi) is 7.56. The van der Waals surface area contributed by atoms with Gasteiger partial charge in [0.1, 0.15) is 11.3 Å². The molecule has 2 nitrogen and oxygen atoms in total. The van der Waals surface area contributed by atoms with Crippen molar-refractivity contribution in [3.05, 3.63) is 188 Å². The number of furan rings is 1. The number of rotatable bonds is 7. The van der Waals surface area contributed by atoms with Crippen molar-refractivity contribution in [3.8, 4) is 43.3 Å². The topological polar surface area (TPSA) is 16.4 Å². The number of hydrogen-bond donors (Lipinski definition) is 0. The van der Waals surface area contributed by atoms with Gasteiger partial charge in [0, 0.05) is 47.2 Å². The van der Waals surface area contributed by atoms with Gasteiger partial charge >= 0.3 is 0 Å². The van der Waals surface area contributed by atoms with E-state index in [9.17, 15) is 0 Å². The molecule has 0 saturated carbocycles. The Bertz CT molecular complexity index is 2610. The van der Waals surface area contributed by atoms with E-state index < -0.39 is 0 Å². The number of anilines is 3. The smallest absolute Gasteiger partial charge is 0.135 e. The molecular weight excluding hydrogens is 671 g/mol. The van der Waals surface area contributed by atoms with Crippen LogP contribution in [0.15, 0.2) is 192 Å². The molecule has 7 aromatic carbocycles. The molecule has 0 unspecified atom stereocenters. The summed E-state index contributed by atoms with van der Waals surface area (Å²) in [4.78, 5) is 4.89. The average Bonchev–Trinajstić information content (AvgIpc) is 3.96. The first-order valence-electron chi connectivity index (χ1n) is 17.4. The number of thiophene rings is 2. The zero-order valence-electron chi connectivity index (χ0n) is 28.1. The van der Waals surface area contributed by atoms with E-state index in [2.05, 4.69) is 175 Å². The predicted molar refractivity (Wildman–Crippen MR) is 223 cm³/mol. The lowest BCUT2D eigenvalue weighted by molar-refractivity contribution is 0.631. The van der Waals surface area contributed by atoms with Crippen molar-refractivity contribution in [2.45, 2.75) is 0 Å². The fourth-order valence-corrected chi connectivity index (χ4v) is 9.14. The monoisotopic (exact) mass is 701 g/mol. The molecule has 0 atom stereocenters. The highest BCUT2D eigenvalue weighted by Gasteiger charge is 2.15. The lowest BCUT2D eigenvalue weighted by atomic mass is 10.0. The zero-order chi connectivity index (χ0) is 34.4. The molecule has 0 fully saturated rings. The summed E-state index contributed by atoms with van der Waals surface area (Å²) in [6.45, 7) is 0. The molecule has 0 aliphatic carbocycles. The summed E-state index contributed by atoms with van der Waals surface area (Å²) in [7, 11) is 0. The molecule has 3 heterocycles. The minimum absolute atomic E-state index is 0.870. The van der Waals surface area contributed by atoms with Crippen molar-refractivity contribution in [1.29, 1.82) is 0 Å². The van der Waals surface area contributed by atoms with Crippen LogP contribution in [0.5, 0.6) is 0 Å². The second-order valence-electron chi connectivity index (χ2n) is 13.0. The lowest BCUT2D eigenvalue weighted by Crippen LogP contribution is -2.09. The molecule has 3 aromatic heterocycles. The predicted octanol–water partition coefficient (Wildman–Crippen LogP) is 15.0. The van der Waals surface area contributed by atoms with E-state index in [-0.39, 0.29) is 0 Å². The molecule has 52 heavy (non-hydrogen) atoms. The van der Waals surface area contributed by atoms with Crippen LogP contribution in [0, 0.1) is 0 Å². The Morgan fingerprint density at radius 1 is 0.346 bits per heavy atom. The summed E-state index contributed by atoms with van der Waals surface area (Å²) < 4.78 is 8.82. The largest absolute Gasteiger partial charge is 0.456 e. The Balaban J connectivity index is 0.980. The van der Waals surface area contributed by atoms with Crippen LogP contribution >= 0.6 is 22.7 Å². The van der Waals surface area contributed by atoms with Crippen LogP contribution in [-0.4, -0.2) is 0 Å². The molecule has 4 heteroatoms. The van der Waals surface area contributed by atoms with Crippen molar-refractivity contribution >= 4 is 70.9 Å². The zero-order valence-corrected chi connectivity index (χ0v) is 29.7. The van der Waals surface area contributed by atoms with E-state index >= 15 is 0 Å². The number of nitrogens with zero attached hydrogens (tertiary/aromatic N) is 1. The SMILES string of the molecule is c1ccc2oc(-c3ccc(N(c4ccc(-c5ccc(-c6cc7ccccc7s6)cc5)cc4)c4ccc(-c5cc6ccccc6s5)cc4)cc3)cc2c1. The molecule has 246 valence electrons. The van der Waals surface area contributed by atoms with E-state index in [0.717, 1.165) is 39.4 Å². The van der Waals surface area contributed by atoms with E-state index in [1.807, 2.05) is 40.9 Å². The first-order chi connectivity index (χ1) is 25.7. The molecule has 0 aliphatic heterocycles. The first kappa shape index (κ1) is 30.6. The molecule has 10 rings (SSSR count). The Morgan fingerprint density at radius 2 is 0.750 bits per heavy atom. The van der Waals surface area contributed by atoms with Gasteiger partial charge < -0.3 is 9.32 Å². The Morgan fingerprint density at radius 3 is 1.25 bits per heavy atom. The summed E-state index contributed by atoms with van der Waals surface area (Å²) in [5.41, 5.74) is 10.1. The summed E-state index contributed by atoms with van der Waals surface area (Å²) >= 11 is 3.68. The second-order valence-corrected chi connectivity index (χ2v) is 15.2. The van der Waals surface area contributed by atoms with Crippen LogP contribution in [0.2, 0.25) is 0 Å². The van der Waals surface area contributed by atoms with Crippen molar-refractivity contribution in [2.24, 2.45) is 0 Å². The van der Waals surface area contributed by atoms with Crippen LogP contribution < -0.4 is 4.90 Å². The van der Waals surface area contributed by atoms with Crippen LogP contribution in [0.4, 0.5) is 17.1 Å². The molecule has 0 aliphatic rings. The summed E-state index contributed by atoms with van der Waals surface area (Å²) in [5.74, 6) is 0.870. The highest BCUT2D eigenvalue weighted by atomic mass is 32.1. The maximum absolute atomic E-state index is 6.19. The van der Waals surface area contributed by atoms with Gasteiger partial charge in [-0.25, -0.2) is 0 Å². The molecule has 0 amide bonds. The Labute approximate surface area is 310 Å². The highest BCUT2D eigenvalue weighted by molar-refractivity contribution is 7.22. The minimum Gasteiger partial charge on any atom is -0.456 e. The normalized spacial score (nSPS) is 11.5. The van der Waals surface area contributed by atoms with Crippen molar-refractivity contribution in [1.82, 2.24) is 0 Å². The van der Waals surface area contributed by atoms with Crippen LogP contribution in [0.25, 0.3) is 74.5 Å². The maximum atomic E-state index is 6.19. The van der Waals surface area contributed by atoms with Gasteiger partial charge in [0.2, 0.25) is 0 Å². The Hall–Kier alpha value is -6.20. The third-order valence-corrected chi connectivity index (χ3v) is 12.1. The van der Waals surface area contributed by atoms with Gasteiger partial charge in [0.15, 0.2) is 0 Å². The minimum atomic E-state index is 0.870. The number of fused-ring (bicyclic) bond motifs is 3. The first-order valence-corrected chi connectivity index (χ1v) is 19.0. The van der Waals surface area contributed by atoms with Gasteiger partial charge in [-0.3, -0.25) is 0 Å². The van der Waals surface area contributed by atoms with Gasteiger partial charge in [-0.1, -0.05) is 103 Å². The average molecular weight is 702 g/mol. The van der Waals surface area contributed by atoms with Gasteiger partial charge in [-0.05, 0) is 118 Å². The highest BCUT2D eigenvalue weighted by Crippen LogP contribution is 2.40. The summed E-state index contributed by atoms with van der Waals surface area (Å²) in [6, 6.07) is 67.5. The molecule has 0 N–H and O–H groups in total. The van der Waals surface area contributed by atoms with Crippen LogP contribution in [0.3, 0.4) is 0 Å². The van der Waals surface area contributed by atoms with Crippen LogP contribution in [0.1, 0.15) is 0 Å². The molecule has 0 bridgehead atoms. The van der Waals surface area contributed by atoms with E-state index in [4.69, 9.17) is 4.42 Å². The maximum Gasteiger partial charge on any atom is 0.135 e. The van der Waals surface area contributed by atoms with E-state index in [1.165, 1.54) is 52.2 Å². The fourth-order valence-electron chi connectivity index (χ4n) is 7.00. The quantitative estimate of drug-likeness (QED) is 0.164. The van der Waals surface area contributed by atoms with Gasteiger partial charge in [0.05, 0.1) is 0 Å². The van der Waals surface area contributed by atoms with Crippen molar-refractivity contribution < 1.29 is 4.42 Å². The number of benzene rings is 7. The van der Waals surface area contributed by atoms with Gasteiger partial charge in [0.25, 0.3) is 0 Å². The molecular formula is C48H31NOS2. The molecule has 0 spiro atoms. The van der Waals surface area contributed by atoms with Crippen LogP contribution in [-0.2, 0) is 0 Å². The summed E-state index contributed by atoms with van der Waals surface area (Å²) in [5, 5.41) is 3.69. The molecule has 0 radical (unpaired) electrons. The van der Waals surface area contributed by atoms with Gasteiger partial charge in [-0.2, -0.15) is 0 Å². The van der Waals surface area contributed by atoms with Gasteiger partial charge in [-0.15, -0.1) is 22.7 Å². The number of para-hydroxylation sites is 1. The standard InChI is InChI=1S/C48H31NOS2/c1-4-10-43-37(7-1)29-44(50-43)34-19-25-41(26-20-34)49(42-27-21-36(22-28-42)48-31-39-9-3-6-12-46(39)52-48)40-23-17-33(18-24-40)32-13-15-35(16-14-32)47-30-38-8-2-5-11-45(38)51-47/h1-31H. The van der Waals surface area contributed by atoms with E-state index in [0.29, 0.717) is 0 Å². The fraction of sp³-hybridized carbons (Fsp3) is 0. The molecule has 0 saturated heterocycles. The van der Waals surface area contributed by atoms with Crippen molar-refractivity contribution in [2.75, 3.05) is 4.90 Å². The second kappa shape index (κ2) is 12.8. The van der Waals surface area contributed by atoms with Crippen molar-refractivity contribution in [3.63, 3.8) is 0 Å². The lowest BCUT2D eigenvalue weighted by Gasteiger charge is -2.26. The molecule has 10 aromatic rings. The number of hydrogen-bond acceptors (Lipinski definition) is 4. The third kappa shape index (κ3) is 5.68. The third-order valence-electron chi connectivity index (χ3n) is 9.72. The summed E-state index contributed by atoms with van der Waals surface area (Å²) in [6.07, 6.45) is 0.